The van der Waals surface area contributed by atoms with Crippen LogP contribution < -0.4 is 0 Å². The van der Waals surface area contributed by atoms with Gasteiger partial charge in [0, 0.05) is 25.7 Å². The third kappa shape index (κ3) is 12.1. The number of carboxylic acid groups (broad SMARTS) is 1. The zero-order chi connectivity index (χ0) is 65.6. The van der Waals surface area contributed by atoms with E-state index >= 15 is 0 Å². The zero-order valence-electron chi connectivity index (χ0n) is 52.0. The maximum atomic E-state index is 14.3. The molecule has 9 aliphatic rings. The summed E-state index contributed by atoms with van der Waals surface area (Å²) in [6.45, 7) is 15.6. The quantitative estimate of drug-likeness (QED) is 0.0263. The molecule has 5 aliphatic carbocycles. The SMILES string of the molecule is CC(=O)O[C@@H]1C[C@]2(C)C(=CC[C@@H]3[C@@]4(C)CC[C@H](O[C@@H]5O[C@H](C(=O)O)[C@@H](O)[C@H](O[C@@H]6OC[C@H](O)[C@H](O)[C@H]6OC6OCC(O)C(O)C6O)[C@H]5O[C@@H]5O[C@H](CO)[C@H](O)[C@H](O)[C@H]5O)[C@@](C)(C=O)[C@@H]4CC[C@]32C)[C@@H]2CC(C)(C)[C@@H](OC(=O)CC(C)C)[C@H](OC(C)=O)[C@]12CO. The van der Waals surface area contributed by atoms with E-state index in [1.165, 1.54) is 13.8 Å². The van der Waals surface area contributed by atoms with Crippen LogP contribution >= 0.6 is 0 Å². The van der Waals surface area contributed by atoms with Crippen LogP contribution in [0.15, 0.2) is 11.6 Å². The number of aliphatic hydroxyl groups excluding tert-OH is 11. The molecule has 28 nitrogen and oxygen atoms in total. The highest BCUT2D eigenvalue weighted by Crippen LogP contribution is 2.76. The van der Waals surface area contributed by atoms with Crippen LogP contribution in [0.2, 0.25) is 0 Å². The molecule has 4 unspecified atom stereocenters. The molecule has 4 aliphatic heterocycles. The highest BCUT2D eigenvalue weighted by atomic mass is 16.8. The topological polar surface area (TPSA) is 430 Å². The molecule has 4 saturated carbocycles. The number of hydrogen-bond donors (Lipinski definition) is 12. The fourth-order valence-corrected chi connectivity index (χ4v) is 17.5. The molecule has 4 saturated heterocycles. The van der Waals surface area contributed by atoms with Gasteiger partial charge in [0.1, 0.15) is 97.8 Å². The van der Waals surface area contributed by atoms with Gasteiger partial charge in [-0.15, -0.1) is 0 Å². The Hall–Kier alpha value is -3.47. The molecule has 0 amide bonds. The Morgan fingerprint density at radius 2 is 1.26 bits per heavy atom. The largest absolute Gasteiger partial charge is 0.479 e. The molecule has 0 aromatic carbocycles. The molecule has 30 atom stereocenters. The average molecular weight is 1280 g/mol. The highest BCUT2D eigenvalue weighted by molar-refractivity contribution is 5.73. The average Bonchev–Trinajstić information content (AvgIpc) is 0.864. The smallest absolute Gasteiger partial charge is 0.335 e. The van der Waals surface area contributed by atoms with Gasteiger partial charge < -0.3 is 118 Å². The molecule has 28 heteroatoms. The molecular formula is C61H94O28. The van der Waals surface area contributed by atoms with E-state index in [2.05, 4.69) is 26.8 Å². The molecule has 506 valence electrons. The summed E-state index contributed by atoms with van der Waals surface area (Å²) in [4.78, 5) is 67.6. The summed E-state index contributed by atoms with van der Waals surface area (Å²) in [5, 5.41) is 131. The minimum atomic E-state index is -2.29. The maximum Gasteiger partial charge on any atom is 0.335 e. The van der Waals surface area contributed by atoms with Crippen LogP contribution in [0.25, 0.3) is 0 Å². The number of fused-ring (bicyclic) bond motifs is 7. The molecule has 12 N–H and O–H groups in total. The number of aliphatic carboxylic acids is 1. The van der Waals surface area contributed by atoms with Crippen molar-refractivity contribution in [2.24, 2.45) is 56.2 Å². The first-order valence-corrected chi connectivity index (χ1v) is 31.0. The van der Waals surface area contributed by atoms with Gasteiger partial charge in [-0.1, -0.05) is 67.0 Å². The van der Waals surface area contributed by atoms with Gasteiger partial charge in [-0.05, 0) is 84.9 Å². The Balaban J connectivity index is 1.07. The molecule has 0 aromatic heterocycles. The predicted molar refractivity (Wildman–Crippen MR) is 298 cm³/mol. The molecule has 0 aromatic rings. The fraction of sp³-hybridized carbons (Fsp3) is 0.885. The van der Waals surface area contributed by atoms with Gasteiger partial charge in [0.2, 0.25) is 0 Å². The number of ether oxygens (including phenoxy) is 11. The third-order valence-corrected chi connectivity index (χ3v) is 22.3. The normalized spacial score (nSPS) is 49.6. The second-order valence-corrected chi connectivity index (χ2v) is 28.6. The van der Waals surface area contributed by atoms with Gasteiger partial charge in [-0.3, -0.25) is 14.4 Å². The van der Waals surface area contributed by atoms with E-state index in [9.17, 15) is 85.3 Å². The van der Waals surface area contributed by atoms with Gasteiger partial charge in [0.25, 0.3) is 0 Å². The monoisotopic (exact) mass is 1270 g/mol. The van der Waals surface area contributed by atoms with Gasteiger partial charge in [-0.2, -0.15) is 0 Å². The summed E-state index contributed by atoms with van der Waals surface area (Å²) in [6.07, 6.45) is -33.9. The van der Waals surface area contributed by atoms with Crippen molar-refractivity contribution in [1.82, 2.24) is 0 Å². The number of carboxylic acids is 1. The Bertz CT molecular complexity index is 2600. The number of allylic oxidation sites excluding steroid dienone is 2. The van der Waals surface area contributed by atoms with Crippen LogP contribution in [0.1, 0.15) is 121 Å². The number of aldehydes is 1. The van der Waals surface area contributed by atoms with Crippen molar-refractivity contribution in [3.8, 4) is 0 Å². The first-order chi connectivity index (χ1) is 41.6. The number of carbonyl (C=O) groups is 5. The Kier molecular flexibility index (Phi) is 20.4. The molecule has 0 spiro atoms. The van der Waals surface area contributed by atoms with Crippen LogP contribution in [0.5, 0.6) is 0 Å². The summed E-state index contributed by atoms with van der Waals surface area (Å²) in [5.41, 5.74) is -4.87. The van der Waals surface area contributed by atoms with E-state index in [0.29, 0.717) is 32.1 Å². The molecule has 4 heterocycles. The van der Waals surface area contributed by atoms with Gasteiger partial charge >= 0.3 is 23.9 Å². The highest BCUT2D eigenvalue weighted by Gasteiger charge is 2.75. The summed E-state index contributed by atoms with van der Waals surface area (Å²) in [7, 11) is 0. The van der Waals surface area contributed by atoms with Gasteiger partial charge in [0.15, 0.2) is 37.4 Å². The van der Waals surface area contributed by atoms with Gasteiger partial charge in [0.05, 0.1) is 43.4 Å². The summed E-state index contributed by atoms with van der Waals surface area (Å²) in [6, 6.07) is 0. The van der Waals surface area contributed by atoms with E-state index in [0.717, 1.165) is 11.9 Å². The van der Waals surface area contributed by atoms with Crippen LogP contribution in [-0.2, 0) is 76.1 Å². The molecule has 9 rings (SSSR count). The van der Waals surface area contributed by atoms with Crippen molar-refractivity contribution in [2.45, 2.75) is 256 Å². The van der Waals surface area contributed by atoms with Gasteiger partial charge in [-0.25, -0.2) is 4.79 Å². The first kappa shape index (κ1) is 69.9. The van der Waals surface area contributed by atoms with Crippen molar-refractivity contribution < 1.29 is 137 Å². The van der Waals surface area contributed by atoms with E-state index in [-0.39, 0.29) is 31.1 Å². The lowest BCUT2D eigenvalue weighted by atomic mass is 9.33. The second-order valence-electron chi connectivity index (χ2n) is 28.6. The van der Waals surface area contributed by atoms with Crippen LogP contribution in [0, 0.1) is 56.2 Å². The van der Waals surface area contributed by atoms with Crippen molar-refractivity contribution in [2.75, 3.05) is 26.4 Å². The van der Waals surface area contributed by atoms with Crippen LogP contribution in [0.4, 0.5) is 0 Å². The lowest BCUT2D eigenvalue weighted by Gasteiger charge is -2.72. The third-order valence-electron chi connectivity index (χ3n) is 22.3. The standard InChI is InChI=1S/C61H94O28/c1-25(2)17-37(69)85-49-50(82-27(4)66)61(24-64)29(18-56(49,5)6)28-11-12-34-57(7)15-14-35(58(8,23-63)33(57)13-16-59(34,9)60(28,10)19-36(61)81-26(3)65)84-55-48(89-53-43(75)41(73)40(72)32(20-62)83-53)45(44(76)46(87-55)51(77)78)86-54-47(39(71)31(68)22-80-54)88-52-42(74)38(70)30(67)21-79-52/h11,23,25,29-36,38-50,52-55,62,64,67-68,70-76H,12-22,24H2,1-10H3,(H,77,78)/t29-,30?,31-,32+,33+,34+,35-,36+,38?,39-,40-,41-,42?,43+,44-,45-,46-,47+,48+,49-,50-,52?,53-,54-,55+,57-,58-,59+,60+,61-/m0/s1. The zero-order valence-corrected chi connectivity index (χ0v) is 52.0. The molecule has 8 fully saturated rings. The summed E-state index contributed by atoms with van der Waals surface area (Å²) in [5.74, 6) is -4.89. The molecule has 89 heavy (non-hydrogen) atoms. The minimum Gasteiger partial charge on any atom is -0.479 e. The number of hydrogen-bond acceptors (Lipinski definition) is 27. The number of carbonyl (C=O) groups excluding carboxylic acids is 4. The van der Waals surface area contributed by atoms with Crippen molar-refractivity contribution in [3.05, 3.63) is 11.6 Å². The van der Waals surface area contributed by atoms with Crippen molar-refractivity contribution in [1.29, 1.82) is 0 Å². The summed E-state index contributed by atoms with van der Waals surface area (Å²) < 4.78 is 67.1. The molecular weight excluding hydrogens is 1180 g/mol. The van der Waals surface area contributed by atoms with Crippen LogP contribution in [0.3, 0.4) is 0 Å². The Morgan fingerprint density at radius 1 is 0.640 bits per heavy atom. The Labute approximate surface area is 515 Å². The van der Waals surface area contributed by atoms with E-state index in [4.69, 9.17) is 52.1 Å². The van der Waals surface area contributed by atoms with E-state index in [1.807, 2.05) is 27.7 Å². The van der Waals surface area contributed by atoms with Crippen LogP contribution in [-0.4, -0.2) is 253 Å². The van der Waals surface area contributed by atoms with Crippen molar-refractivity contribution >= 4 is 30.2 Å². The predicted octanol–water partition coefficient (Wildman–Crippen LogP) is -1.36. The molecule has 0 radical (unpaired) electrons. The number of esters is 3. The van der Waals surface area contributed by atoms with E-state index < -0.39 is 230 Å². The Morgan fingerprint density at radius 3 is 1.87 bits per heavy atom. The first-order valence-electron chi connectivity index (χ1n) is 31.0. The second kappa shape index (κ2) is 26.0. The van der Waals surface area contributed by atoms with Crippen molar-refractivity contribution in [3.63, 3.8) is 0 Å². The fourth-order valence-electron chi connectivity index (χ4n) is 17.5. The number of rotatable bonds is 17. The lowest BCUT2D eigenvalue weighted by Crippen LogP contribution is -2.73. The molecule has 0 bridgehead atoms. The summed E-state index contributed by atoms with van der Waals surface area (Å²) >= 11 is 0. The van der Waals surface area contributed by atoms with E-state index in [1.54, 1.807) is 6.92 Å². The maximum absolute atomic E-state index is 14.3. The number of aliphatic hydroxyl groups is 11. The minimum absolute atomic E-state index is 0.0551. The lowest BCUT2D eigenvalue weighted by molar-refractivity contribution is -0.398.